The van der Waals surface area contributed by atoms with Crippen LogP contribution in [0.15, 0.2) is 0 Å². The highest BCUT2D eigenvalue weighted by atomic mass is 16.3. The number of aliphatic hydroxyl groups excluding tert-OH is 1. The van der Waals surface area contributed by atoms with Crippen molar-refractivity contribution in [3.63, 3.8) is 0 Å². The Morgan fingerprint density at radius 1 is 1.54 bits per heavy atom. The van der Waals surface area contributed by atoms with Gasteiger partial charge in [0, 0.05) is 13.7 Å². The molecular formula is C6H14N4O3. The average molecular weight is 190 g/mol. The molecular weight excluding hydrogens is 176 g/mol. The second-order valence-electron chi connectivity index (χ2n) is 2.30. The molecule has 13 heavy (non-hydrogen) atoms. The van der Waals surface area contributed by atoms with Crippen LogP contribution in [0.4, 0.5) is 4.79 Å². The zero-order chi connectivity index (χ0) is 10.3. The Morgan fingerprint density at radius 3 is 2.54 bits per heavy atom. The van der Waals surface area contributed by atoms with E-state index >= 15 is 0 Å². The van der Waals surface area contributed by atoms with E-state index in [1.165, 1.54) is 7.05 Å². The number of hydrogen-bond acceptors (Lipinski definition) is 4. The molecule has 0 saturated heterocycles. The van der Waals surface area contributed by atoms with Gasteiger partial charge in [0.05, 0.1) is 0 Å². The Balaban J connectivity index is 4.08. The molecule has 0 aromatic heterocycles. The molecule has 0 spiro atoms. The van der Waals surface area contributed by atoms with Crippen molar-refractivity contribution in [1.29, 1.82) is 0 Å². The first kappa shape index (κ1) is 11.7. The first-order valence-electron chi connectivity index (χ1n) is 3.75. The van der Waals surface area contributed by atoms with Crippen LogP contribution in [-0.4, -0.2) is 36.7 Å². The number of aliphatic hydroxyl groups is 1. The van der Waals surface area contributed by atoms with Gasteiger partial charge in [-0.2, -0.15) is 0 Å². The van der Waals surface area contributed by atoms with Crippen molar-refractivity contribution in [2.45, 2.75) is 12.5 Å². The first-order valence-corrected chi connectivity index (χ1v) is 3.75. The van der Waals surface area contributed by atoms with Crippen LogP contribution in [0, 0.1) is 0 Å². The third-order valence-corrected chi connectivity index (χ3v) is 1.41. The van der Waals surface area contributed by atoms with Gasteiger partial charge in [-0.3, -0.25) is 10.2 Å². The molecule has 1 unspecified atom stereocenters. The van der Waals surface area contributed by atoms with Crippen LogP contribution >= 0.6 is 0 Å². The first-order chi connectivity index (χ1) is 6.15. The van der Waals surface area contributed by atoms with Crippen LogP contribution in [0.25, 0.3) is 0 Å². The molecule has 0 aromatic rings. The van der Waals surface area contributed by atoms with Crippen LogP contribution in [0.2, 0.25) is 0 Å². The molecule has 0 aliphatic rings. The van der Waals surface area contributed by atoms with E-state index in [9.17, 15) is 9.59 Å². The lowest BCUT2D eigenvalue weighted by molar-refractivity contribution is -0.123. The lowest BCUT2D eigenvalue weighted by Gasteiger charge is -2.15. The number of rotatable bonds is 4. The van der Waals surface area contributed by atoms with Crippen molar-refractivity contribution in [1.82, 2.24) is 16.1 Å². The summed E-state index contributed by atoms with van der Waals surface area (Å²) < 4.78 is 0. The fourth-order valence-electron chi connectivity index (χ4n) is 0.729. The van der Waals surface area contributed by atoms with Crippen LogP contribution in [0.3, 0.4) is 0 Å². The zero-order valence-electron chi connectivity index (χ0n) is 7.33. The lowest BCUT2D eigenvalue weighted by Crippen LogP contribution is -2.51. The molecule has 6 N–H and O–H groups in total. The number of nitrogens with one attached hydrogen (secondary N) is 3. The Hall–Kier alpha value is -1.34. The molecule has 7 heteroatoms. The normalized spacial score (nSPS) is 11.6. The van der Waals surface area contributed by atoms with Gasteiger partial charge in [0.2, 0.25) is 0 Å². The molecule has 0 rings (SSSR count). The minimum Gasteiger partial charge on any atom is -0.396 e. The van der Waals surface area contributed by atoms with Gasteiger partial charge in [-0.05, 0) is 6.42 Å². The van der Waals surface area contributed by atoms with E-state index in [0.717, 1.165) is 0 Å². The van der Waals surface area contributed by atoms with Gasteiger partial charge in [0.15, 0.2) is 0 Å². The fraction of sp³-hybridized carbons (Fsp3) is 0.667. The third kappa shape index (κ3) is 4.28. The van der Waals surface area contributed by atoms with E-state index in [1.54, 1.807) is 0 Å². The van der Waals surface area contributed by atoms with E-state index in [4.69, 9.17) is 10.9 Å². The molecule has 0 heterocycles. The number of hydrogen-bond donors (Lipinski definition) is 5. The minimum atomic E-state index is -0.810. The summed E-state index contributed by atoms with van der Waals surface area (Å²) in [6.45, 7) is -0.206. The summed E-state index contributed by atoms with van der Waals surface area (Å²) in [5, 5.41) is 13.2. The maximum atomic E-state index is 11.0. The molecule has 0 aliphatic carbocycles. The van der Waals surface area contributed by atoms with Crippen LogP contribution in [-0.2, 0) is 4.79 Å². The van der Waals surface area contributed by atoms with Gasteiger partial charge in [-0.25, -0.2) is 10.6 Å². The SMILES string of the molecule is CNC(=O)NC(CCO)C(=O)NN. The van der Waals surface area contributed by atoms with E-state index < -0.39 is 18.0 Å². The molecule has 76 valence electrons. The number of urea groups is 1. The standard InChI is InChI=1S/C6H14N4O3/c1-8-6(13)9-4(2-3-11)5(12)10-7/h4,11H,2-3,7H2,1H3,(H,10,12)(H2,8,9,13). The van der Waals surface area contributed by atoms with Crippen molar-refractivity contribution < 1.29 is 14.7 Å². The predicted octanol–water partition coefficient (Wildman–Crippen LogP) is -2.34. The lowest BCUT2D eigenvalue weighted by atomic mass is 10.2. The number of amides is 3. The second kappa shape index (κ2) is 6.21. The highest BCUT2D eigenvalue weighted by Gasteiger charge is 2.18. The highest BCUT2D eigenvalue weighted by molar-refractivity contribution is 5.86. The molecule has 0 fully saturated rings. The number of hydrazine groups is 1. The van der Waals surface area contributed by atoms with Crippen LogP contribution in [0.1, 0.15) is 6.42 Å². The van der Waals surface area contributed by atoms with Gasteiger partial charge < -0.3 is 15.7 Å². The summed E-state index contributed by atoms with van der Waals surface area (Å²) in [5.41, 5.74) is 1.89. The summed E-state index contributed by atoms with van der Waals surface area (Å²) in [5.74, 6) is 4.32. The largest absolute Gasteiger partial charge is 0.396 e. The Kier molecular flexibility index (Phi) is 5.57. The summed E-state index contributed by atoms with van der Waals surface area (Å²) in [7, 11) is 1.42. The van der Waals surface area contributed by atoms with Gasteiger partial charge in [-0.15, -0.1) is 0 Å². The fourth-order valence-corrected chi connectivity index (χ4v) is 0.729. The van der Waals surface area contributed by atoms with E-state index in [-0.39, 0.29) is 13.0 Å². The van der Waals surface area contributed by atoms with Crippen molar-refractivity contribution in [2.75, 3.05) is 13.7 Å². The molecule has 1 atom stereocenters. The summed E-state index contributed by atoms with van der Waals surface area (Å²) in [4.78, 5) is 21.8. The summed E-state index contributed by atoms with van der Waals surface area (Å²) >= 11 is 0. The Bertz CT molecular complexity index is 185. The second-order valence-corrected chi connectivity index (χ2v) is 2.30. The monoisotopic (exact) mass is 190 g/mol. The number of carbonyl (C=O) groups excluding carboxylic acids is 2. The molecule has 0 aliphatic heterocycles. The van der Waals surface area contributed by atoms with Crippen molar-refractivity contribution in [3.8, 4) is 0 Å². The molecule has 0 bridgehead atoms. The number of carbonyl (C=O) groups is 2. The van der Waals surface area contributed by atoms with Crippen LogP contribution < -0.4 is 21.9 Å². The molecule has 0 radical (unpaired) electrons. The Labute approximate surface area is 75.6 Å². The van der Waals surface area contributed by atoms with Gasteiger partial charge >= 0.3 is 6.03 Å². The van der Waals surface area contributed by atoms with E-state index in [0.29, 0.717) is 0 Å². The number of nitrogens with two attached hydrogens (primary N) is 1. The zero-order valence-corrected chi connectivity index (χ0v) is 7.33. The summed E-state index contributed by atoms with van der Waals surface area (Å²) in [6.07, 6.45) is 0.121. The maximum absolute atomic E-state index is 11.0. The molecule has 7 nitrogen and oxygen atoms in total. The van der Waals surface area contributed by atoms with E-state index in [2.05, 4.69) is 10.6 Å². The third-order valence-electron chi connectivity index (χ3n) is 1.41. The topological polar surface area (TPSA) is 116 Å². The maximum Gasteiger partial charge on any atom is 0.315 e. The average Bonchev–Trinajstić information content (AvgIpc) is 2.15. The van der Waals surface area contributed by atoms with Crippen molar-refractivity contribution >= 4 is 11.9 Å². The quantitative estimate of drug-likeness (QED) is 0.194. The molecule has 0 saturated carbocycles. The Morgan fingerprint density at radius 2 is 2.15 bits per heavy atom. The van der Waals surface area contributed by atoms with Crippen molar-refractivity contribution in [2.24, 2.45) is 5.84 Å². The molecule has 0 aromatic carbocycles. The van der Waals surface area contributed by atoms with Gasteiger partial charge in [0.1, 0.15) is 6.04 Å². The summed E-state index contributed by atoms with van der Waals surface area (Å²) in [6, 6.07) is -1.31. The molecule has 3 amide bonds. The highest BCUT2D eigenvalue weighted by Crippen LogP contribution is 1.90. The van der Waals surface area contributed by atoms with E-state index in [1.807, 2.05) is 5.43 Å². The van der Waals surface area contributed by atoms with Crippen molar-refractivity contribution in [3.05, 3.63) is 0 Å². The predicted molar refractivity (Wildman–Crippen MR) is 45.4 cm³/mol. The smallest absolute Gasteiger partial charge is 0.315 e. The minimum absolute atomic E-state index is 0.121. The van der Waals surface area contributed by atoms with Gasteiger partial charge in [0.25, 0.3) is 5.91 Å². The van der Waals surface area contributed by atoms with Gasteiger partial charge in [-0.1, -0.05) is 0 Å². The van der Waals surface area contributed by atoms with Crippen LogP contribution in [0.5, 0.6) is 0 Å².